The van der Waals surface area contributed by atoms with Gasteiger partial charge in [0.2, 0.25) is 5.88 Å². The first-order valence-electron chi connectivity index (χ1n) is 3.03. The van der Waals surface area contributed by atoms with Crippen LogP contribution < -0.4 is 4.74 Å². The summed E-state index contributed by atoms with van der Waals surface area (Å²) in [7, 11) is 0. The number of aromatic nitrogens is 2. The number of nitrogens with zero attached hydrogens (tertiary/aromatic N) is 2. The molecule has 3 heteroatoms. The van der Waals surface area contributed by atoms with Gasteiger partial charge in [-0.05, 0) is 6.92 Å². The molecule has 0 radical (unpaired) electrons. The topological polar surface area (TPSA) is 27.1 Å². The lowest BCUT2D eigenvalue weighted by atomic mass is 10.5. The first kappa shape index (κ1) is 4.85. The van der Waals surface area contributed by atoms with Gasteiger partial charge in [0.15, 0.2) is 0 Å². The maximum absolute atomic E-state index is 5.22. The van der Waals surface area contributed by atoms with Crippen LogP contribution in [0, 0.1) is 6.92 Å². The van der Waals surface area contributed by atoms with Crippen molar-refractivity contribution in [2.24, 2.45) is 0 Å². The van der Waals surface area contributed by atoms with Crippen molar-refractivity contribution in [3.05, 3.63) is 11.8 Å². The monoisotopic (exact) mass is 124 g/mol. The third-order valence-electron chi connectivity index (χ3n) is 1.42. The van der Waals surface area contributed by atoms with Crippen LogP contribution in [0.5, 0.6) is 5.88 Å². The van der Waals surface area contributed by atoms with Crippen molar-refractivity contribution in [2.45, 2.75) is 13.5 Å². The van der Waals surface area contributed by atoms with Gasteiger partial charge in [-0.15, -0.1) is 0 Å². The predicted octanol–water partition coefficient (Wildman–Crippen LogP) is 0.584. The Labute approximate surface area is 53.2 Å². The van der Waals surface area contributed by atoms with Crippen LogP contribution in [0.1, 0.15) is 5.69 Å². The zero-order chi connectivity index (χ0) is 6.27. The van der Waals surface area contributed by atoms with Gasteiger partial charge in [-0.25, -0.2) is 4.68 Å². The van der Waals surface area contributed by atoms with Gasteiger partial charge < -0.3 is 4.74 Å². The quantitative estimate of drug-likeness (QED) is 0.506. The molecule has 0 bridgehead atoms. The number of ether oxygens (including phenoxy) is 1. The molecular formula is C6H8N2O. The molecule has 1 aromatic heterocycles. The Kier molecular flexibility index (Phi) is 0.806. The van der Waals surface area contributed by atoms with E-state index >= 15 is 0 Å². The van der Waals surface area contributed by atoms with Gasteiger partial charge in [0.1, 0.15) is 6.61 Å². The largest absolute Gasteiger partial charge is 0.476 e. The van der Waals surface area contributed by atoms with Crippen LogP contribution in [-0.2, 0) is 6.54 Å². The van der Waals surface area contributed by atoms with Crippen molar-refractivity contribution in [1.29, 1.82) is 0 Å². The van der Waals surface area contributed by atoms with Crippen LogP contribution >= 0.6 is 0 Å². The standard InChI is InChI=1S/C6H8N2O/c1-5-4-6-8(7-5)2-3-9-6/h4H,2-3H2,1H3. The Morgan fingerprint density at radius 2 is 2.67 bits per heavy atom. The fourth-order valence-electron chi connectivity index (χ4n) is 1.03. The van der Waals surface area contributed by atoms with E-state index in [4.69, 9.17) is 4.74 Å². The van der Waals surface area contributed by atoms with E-state index in [2.05, 4.69) is 5.10 Å². The summed E-state index contributed by atoms with van der Waals surface area (Å²) in [6.07, 6.45) is 0. The average Bonchev–Trinajstić information content (AvgIpc) is 2.22. The van der Waals surface area contributed by atoms with Gasteiger partial charge >= 0.3 is 0 Å². The van der Waals surface area contributed by atoms with Gasteiger partial charge in [0, 0.05) is 6.07 Å². The molecule has 0 saturated carbocycles. The Hall–Kier alpha value is -0.990. The SMILES string of the molecule is Cc1cc2n(n1)CCO2. The molecular weight excluding hydrogens is 116 g/mol. The molecule has 0 unspecified atom stereocenters. The van der Waals surface area contributed by atoms with E-state index in [1.165, 1.54) is 0 Å². The van der Waals surface area contributed by atoms with Crippen LogP contribution in [0.4, 0.5) is 0 Å². The highest BCUT2D eigenvalue weighted by molar-refractivity contribution is 5.16. The third kappa shape index (κ3) is 0.608. The highest BCUT2D eigenvalue weighted by atomic mass is 16.5. The molecule has 0 atom stereocenters. The molecule has 1 aliphatic rings. The fraction of sp³-hybridized carbons (Fsp3) is 0.500. The van der Waals surface area contributed by atoms with E-state index in [0.29, 0.717) is 0 Å². The van der Waals surface area contributed by atoms with E-state index in [-0.39, 0.29) is 0 Å². The van der Waals surface area contributed by atoms with Crippen LogP contribution in [0.2, 0.25) is 0 Å². The molecule has 1 aromatic rings. The highest BCUT2D eigenvalue weighted by Gasteiger charge is 2.11. The minimum atomic E-state index is 0.780. The summed E-state index contributed by atoms with van der Waals surface area (Å²) in [6, 6.07) is 1.95. The summed E-state index contributed by atoms with van der Waals surface area (Å²) in [5, 5.41) is 4.18. The maximum atomic E-state index is 5.22. The second kappa shape index (κ2) is 1.50. The van der Waals surface area contributed by atoms with E-state index in [1.807, 2.05) is 17.7 Å². The Morgan fingerprint density at radius 1 is 1.78 bits per heavy atom. The van der Waals surface area contributed by atoms with E-state index < -0.39 is 0 Å². The molecule has 0 saturated heterocycles. The number of fused-ring (bicyclic) bond motifs is 1. The van der Waals surface area contributed by atoms with E-state index in [0.717, 1.165) is 24.7 Å². The maximum Gasteiger partial charge on any atom is 0.212 e. The minimum absolute atomic E-state index is 0.780. The van der Waals surface area contributed by atoms with Gasteiger partial charge in [-0.3, -0.25) is 0 Å². The predicted molar refractivity (Wildman–Crippen MR) is 32.5 cm³/mol. The summed E-state index contributed by atoms with van der Waals surface area (Å²) >= 11 is 0. The van der Waals surface area contributed by atoms with Crippen LogP contribution in [0.3, 0.4) is 0 Å². The molecule has 3 nitrogen and oxygen atoms in total. The minimum Gasteiger partial charge on any atom is -0.476 e. The van der Waals surface area contributed by atoms with Crippen molar-refractivity contribution in [3.63, 3.8) is 0 Å². The molecule has 2 rings (SSSR count). The third-order valence-corrected chi connectivity index (χ3v) is 1.42. The van der Waals surface area contributed by atoms with Gasteiger partial charge in [-0.1, -0.05) is 0 Å². The van der Waals surface area contributed by atoms with Crippen molar-refractivity contribution in [1.82, 2.24) is 9.78 Å². The molecule has 1 aliphatic heterocycles. The molecule has 0 aliphatic carbocycles. The number of hydrogen-bond donors (Lipinski definition) is 0. The lowest BCUT2D eigenvalue weighted by molar-refractivity contribution is 0.356. The summed E-state index contributed by atoms with van der Waals surface area (Å²) in [5.41, 5.74) is 1.03. The van der Waals surface area contributed by atoms with Gasteiger partial charge in [0.05, 0.1) is 12.2 Å². The smallest absolute Gasteiger partial charge is 0.212 e. The zero-order valence-electron chi connectivity index (χ0n) is 5.29. The van der Waals surface area contributed by atoms with Crippen molar-refractivity contribution in [2.75, 3.05) is 6.61 Å². The second-order valence-electron chi connectivity index (χ2n) is 2.20. The van der Waals surface area contributed by atoms with Crippen LogP contribution in [-0.4, -0.2) is 16.4 Å². The Bertz CT molecular complexity index is 207. The number of aryl methyl sites for hydroxylation is 1. The molecule has 9 heavy (non-hydrogen) atoms. The first-order valence-corrected chi connectivity index (χ1v) is 3.03. The van der Waals surface area contributed by atoms with Crippen LogP contribution in [0.15, 0.2) is 6.07 Å². The summed E-state index contributed by atoms with van der Waals surface area (Å²) in [6.45, 7) is 3.65. The van der Waals surface area contributed by atoms with E-state index in [9.17, 15) is 0 Å². The lowest BCUT2D eigenvalue weighted by Gasteiger charge is -1.85. The molecule has 0 spiro atoms. The second-order valence-corrected chi connectivity index (χ2v) is 2.20. The highest BCUT2D eigenvalue weighted by Crippen LogP contribution is 2.16. The average molecular weight is 124 g/mol. The van der Waals surface area contributed by atoms with Crippen molar-refractivity contribution >= 4 is 0 Å². The van der Waals surface area contributed by atoms with E-state index in [1.54, 1.807) is 0 Å². The molecule has 2 heterocycles. The van der Waals surface area contributed by atoms with Crippen molar-refractivity contribution < 1.29 is 4.74 Å². The number of hydrogen-bond acceptors (Lipinski definition) is 2. The fourth-order valence-corrected chi connectivity index (χ4v) is 1.03. The molecule has 0 fully saturated rings. The Balaban J connectivity index is 2.51. The zero-order valence-corrected chi connectivity index (χ0v) is 5.29. The normalized spacial score (nSPS) is 15.2. The van der Waals surface area contributed by atoms with Crippen molar-refractivity contribution in [3.8, 4) is 5.88 Å². The lowest BCUT2D eigenvalue weighted by Crippen LogP contribution is -1.95. The Morgan fingerprint density at radius 3 is 3.44 bits per heavy atom. The summed E-state index contributed by atoms with van der Waals surface area (Å²) in [4.78, 5) is 0. The van der Waals surface area contributed by atoms with Gasteiger partial charge in [0.25, 0.3) is 0 Å². The van der Waals surface area contributed by atoms with Gasteiger partial charge in [-0.2, -0.15) is 5.10 Å². The summed E-state index contributed by atoms with van der Waals surface area (Å²) in [5.74, 6) is 0.910. The number of rotatable bonds is 0. The first-order chi connectivity index (χ1) is 4.36. The molecule has 48 valence electrons. The molecule has 0 aromatic carbocycles. The summed E-state index contributed by atoms with van der Waals surface area (Å²) < 4.78 is 7.10. The molecule has 0 N–H and O–H groups in total. The van der Waals surface area contributed by atoms with Crippen LogP contribution in [0.25, 0.3) is 0 Å². The molecule has 0 amide bonds.